The molecular formula is C22H24N5O2S+. The fourth-order valence-corrected chi connectivity index (χ4v) is 4.61. The first-order valence-electron chi connectivity index (χ1n) is 9.60. The zero-order valence-corrected chi connectivity index (χ0v) is 17.7. The second kappa shape index (κ2) is 7.79. The zero-order valence-electron chi connectivity index (χ0n) is 16.9. The number of hydrogen-bond donors (Lipinski definition) is 1. The second-order valence-electron chi connectivity index (χ2n) is 7.16. The van der Waals surface area contributed by atoms with Crippen molar-refractivity contribution in [1.29, 1.82) is 0 Å². The lowest BCUT2D eigenvalue weighted by Crippen LogP contribution is -2.34. The van der Waals surface area contributed by atoms with Crippen LogP contribution in [0.4, 0.5) is 11.4 Å². The first kappa shape index (κ1) is 19.9. The van der Waals surface area contributed by atoms with Crippen LogP contribution in [0.2, 0.25) is 0 Å². The summed E-state index contributed by atoms with van der Waals surface area (Å²) in [5, 5.41) is 0. The molecule has 7 nitrogen and oxygen atoms in total. The largest absolute Gasteiger partial charge is 0.398 e. The summed E-state index contributed by atoms with van der Waals surface area (Å²) in [7, 11) is -0.173. The van der Waals surface area contributed by atoms with Crippen LogP contribution in [0.25, 0.3) is 11.0 Å². The summed E-state index contributed by atoms with van der Waals surface area (Å²) >= 11 is 0. The van der Waals surface area contributed by atoms with Crippen molar-refractivity contribution in [2.75, 3.05) is 17.1 Å². The van der Waals surface area contributed by atoms with Gasteiger partial charge in [-0.05, 0) is 30.3 Å². The third kappa shape index (κ3) is 3.73. The van der Waals surface area contributed by atoms with E-state index in [2.05, 4.69) is 0 Å². The van der Waals surface area contributed by atoms with E-state index in [9.17, 15) is 8.42 Å². The van der Waals surface area contributed by atoms with Gasteiger partial charge in [0.05, 0.1) is 28.0 Å². The number of hydrogen-bond acceptors (Lipinski definition) is 4. The minimum Gasteiger partial charge on any atom is -0.398 e. The highest BCUT2D eigenvalue weighted by atomic mass is 32.2. The lowest BCUT2D eigenvalue weighted by atomic mass is 10.3. The van der Waals surface area contributed by atoms with Crippen molar-refractivity contribution in [3.63, 3.8) is 0 Å². The summed E-state index contributed by atoms with van der Waals surface area (Å²) in [5.74, 6) is 0.889. The van der Waals surface area contributed by atoms with Gasteiger partial charge in [0, 0.05) is 31.9 Å². The summed E-state index contributed by atoms with van der Waals surface area (Å²) in [5.41, 5.74) is 8.63. The molecule has 154 valence electrons. The fraction of sp³-hybridized carbons (Fsp3) is 0.182. The van der Waals surface area contributed by atoms with E-state index >= 15 is 0 Å². The average molecular weight is 423 g/mol. The Morgan fingerprint density at radius 1 is 1.07 bits per heavy atom. The smallest absolute Gasteiger partial charge is 0.264 e. The predicted octanol–water partition coefficient (Wildman–Crippen LogP) is 2.51. The van der Waals surface area contributed by atoms with Crippen molar-refractivity contribution in [2.45, 2.75) is 17.9 Å². The number of aryl methyl sites for hydroxylation is 3. The molecule has 2 N–H and O–H groups in total. The average Bonchev–Trinajstić information content (AvgIpc) is 3.08. The molecule has 0 saturated carbocycles. The van der Waals surface area contributed by atoms with Gasteiger partial charge >= 0.3 is 0 Å². The van der Waals surface area contributed by atoms with Gasteiger partial charge in [0.25, 0.3) is 10.0 Å². The van der Waals surface area contributed by atoms with Crippen LogP contribution in [-0.4, -0.2) is 25.0 Å². The number of pyridine rings is 1. The maximum Gasteiger partial charge on any atom is 0.264 e. The quantitative estimate of drug-likeness (QED) is 0.484. The molecule has 0 aliphatic heterocycles. The maximum atomic E-state index is 13.1. The van der Waals surface area contributed by atoms with Crippen LogP contribution in [0, 0.1) is 0 Å². The molecule has 2 aromatic heterocycles. The molecule has 0 aliphatic carbocycles. The molecule has 0 unspecified atom stereocenters. The number of sulfonamides is 1. The molecule has 2 heterocycles. The van der Waals surface area contributed by atoms with Crippen molar-refractivity contribution < 1.29 is 13.0 Å². The number of imidazole rings is 1. The maximum absolute atomic E-state index is 13.1. The highest BCUT2D eigenvalue weighted by Crippen LogP contribution is 2.25. The zero-order chi connectivity index (χ0) is 21.3. The van der Waals surface area contributed by atoms with Crippen molar-refractivity contribution in [3.05, 3.63) is 78.9 Å². The van der Waals surface area contributed by atoms with E-state index in [1.807, 2.05) is 65.0 Å². The van der Waals surface area contributed by atoms with Gasteiger partial charge in [-0.3, -0.25) is 4.31 Å². The van der Waals surface area contributed by atoms with Gasteiger partial charge in [0.2, 0.25) is 0 Å². The molecule has 8 heteroatoms. The topological polar surface area (TPSA) is 85.1 Å². The van der Waals surface area contributed by atoms with Gasteiger partial charge < -0.3 is 10.3 Å². The number of aromatic nitrogens is 3. The Kier molecular flexibility index (Phi) is 5.17. The van der Waals surface area contributed by atoms with Crippen LogP contribution in [0.3, 0.4) is 0 Å². The number of nitrogens with zero attached hydrogens (tertiary/aromatic N) is 4. The SMILES string of the molecule is CN(c1ccccc1)S(=O)(=O)c1ccc2c(c1)nc(CC[n+]1ccc(N)cc1)n2C. The molecule has 0 bridgehead atoms. The van der Waals surface area contributed by atoms with Crippen molar-refractivity contribution in [2.24, 2.45) is 7.05 Å². The monoisotopic (exact) mass is 422 g/mol. The Morgan fingerprint density at radius 2 is 1.77 bits per heavy atom. The molecule has 0 aliphatic rings. The van der Waals surface area contributed by atoms with Crippen LogP contribution >= 0.6 is 0 Å². The van der Waals surface area contributed by atoms with Gasteiger partial charge in [-0.1, -0.05) is 18.2 Å². The molecular weight excluding hydrogens is 398 g/mol. The third-order valence-corrected chi connectivity index (χ3v) is 7.02. The third-order valence-electron chi connectivity index (χ3n) is 5.23. The molecule has 0 radical (unpaired) electrons. The summed E-state index contributed by atoms with van der Waals surface area (Å²) < 4.78 is 31.5. The fourth-order valence-electron chi connectivity index (χ4n) is 3.40. The van der Waals surface area contributed by atoms with Gasteiger partial charge in [-0.15, -0.1) is 0 Å². The number of para-hydroxylation sites is 1. The molecule has 0 saturated heterocycles. The lowest BCUT2D eigenvalue weighted by Gasteiger charge is -2.19. The van der Waals surface area contributed by atoms with E-state index in [1.165, 1.54) is 4.31 Å². The van der Waals surface area contributed by atoms with Gasteiger partial charge in [0.15, 0.2) is 18.9 Å². The first-order chi connectivity index (χ1) is 14.4. The van der Waals surface area contributed by atoms with Gasteiger partial charge in [0.1, 0.15) is 5.82 Å². The van der Waals surface area contributed by atoms with E-state index in [0.717, 1.165) is 23.6 Å². The van der Waals surface area contributed by atoms with Crippen LogP contribution in [0.5, 0.6) is 0 Å². The molecule has 4 rings (SSSR count). The second-order valence-corrected chi connectivity index (χ2v) is 9.13. The number of benzene rings is 2. The molecule has 0 atom stereocenters. The summed E-state index contributed by atoms with van der Waals surface area (Å²) in [6.07, 6.45) is 4.58. The van der Waals surface area contributed by atoms with Gasteiger partial charge in [-0.25, -0.2) is 18.0 Å². The molecule has 30 heavy (non-hydrogen) atoms. The van der Waals surface area contributed by atoms with E-state index in [0.29, 0.717) is 17.6 Å². The highest BCUT2D eigenvalue weighted by molar-refractivity contribution is 7.92. The number of rotatable bonds is 6. The van der Waals surface area contributed by atoms with Gasteiger partial charge in [-0.2, -0.15) is 0 Å². The van der Waals surface area contributed by atoms with Crippen molar-refractivity contribution >= 4 is 32.4 Å². The minimum absolute atomic E-state index is 0.221. The van der Waals surface area contributed by atoms with E-state index in [-0.39, 0.29) is 4.90 Å². The minimum atomic E-state index is -3.68. The highest BCUT2D eigenvalue weighted by Gasteiger charge is 2.22. The number of anilines is 2. The van der Waals surface area contributed by atoms with Crippen LogP contribution in [0.1, 0.15) is 5.82 Å². The Hall–Kier alpha value is -3.39. The first-order valence-corrected chi connectivity index (χ1v) is 11.0. The van der Waals surface area contributed by atoms with Crippen LogP contribution in [-0.2, 0) is 30.0 Å². The van der Waals surface area contributed by atoms with Crippen LogP contribution in [0.15, 0.2) is 78.0 Å². The molecule has 4 aromatic rings. The molecule has 0 amide bonds. The molecule has 2 aromatic carbocycles. The standard InChI is InChI=1S/C22H23N5O2S/c1-25-21-9-8-19(30(28,29)26(2)18-6-4-3-5-7-18)16-20(21)24-22(25)12-15-27-13-10-17(23)11-14-27/h3-11,13-14,16,23H,12,15H2,1-2H3/p+1. The molecule has 0 spiro atoms. The van der Waals surface area contributed by atoms with Crippen molar-refractivity contribution in [1.82, 2.24) is 9.55 Å². The Bertz CT molecular complexity index is 1280. The summed E-state index contributed by atoms with van der Waals surface area (Å²) in [6.45, 7) is 0.749. The Morgan fingerprint density at radius 3 is 2.47 bits per heavy atom. The lowest BCUT2D eigenvalue weighted by molar-refractivity contribution is -0.696. The number of nitrogen functional groups attached to an aromatic ring is 1. The van der Waals surface area contributed by atoms with E-state index in [1.54, 1.807) is 31.3 Å². The number of nitrogens with two attached hydrogens (primary N) is 1. The van der Waals surface area contributed by atoms with E-state index < -0.39 is 10.0 Å². The number of fused-ring (bicyclic) bond motifs is 1. The van der Waals surface area contributed by atoms with Crippen LogP contribution < -0.4 is 14.6 Å². The Labute approximate surface area is 176 Å². The summed E-state index contributed by atoms with van der Waals surface area (Å²) in [6, 6.07) is 17.8. The van der Waals surface area contributed by atoms with E-state index in [4.69, 9.17) is 10.7 Å². The Balaban J connectivity index is 1.62. The molecule has 0 fully saturated rings. The predicted molar refractivity (Wildman–Crippen MR) is 117 cm³/mol. The van der Waals surface area contributed by atoms with Crippen molar-refractivity contribution in [3.8, 4) is 0 Å². The normalized spacial score (nSPS) is 11.7. The summed E-state index contributed by atoms with van der Waals surface area (Å²) in [4.78, 5) is 4.91.